The van der Waals surface area contributed by atoms with Gasteiger partial charge in [-0.3, -0.25) is 14.7 Å². The van der Waals surface area contributed by atoms with E-state index in [0.29, 0.717) is 24.2 Å². The van der Waals surface area contributed by atoms with Gasteiger partial charge in [0.25, 0.3) is 5.91 Å². The Labute approximate surface area is 138 Å². The van der Waals surface area contributed by atoms with Gasteiger partial charge in [-0.2, -0.15) is 0 Å². The molecule has 124 valence electrons. The molecule has 4 nitrogen and oxygen atoms in total. The zero-order valence-electron chi connectivity index (χ0n) is 14.8. The molecule has 0 bridgehead atoms. The third-order valence-corrected chi connectivity index (χ3v) is 4.07. The van der Waals surface area contributed by atoms with Gasteiger partial charge in [0.05, 0.1) is 11.1 Å². The molecule has 1 aromatic heterocycles. The number of rotatable bonds is 6. The maximum absolute atomic E-state index is 12.6. The molecule has 0 spiro atoms. The number of aromatic nitrogens is 1. The third-order valence-electron chi connectivity index (χ3n) is 4.07. The fraction of sp³-hybridized carbons (Fsp3) is 0.474. The molecule has 1 heterocycles. The number of benzene rings is 1. The molecule has 0 aliphatic heterocycles. The van der Waals surface area contributed by atoms with E-state index in [4.69, 9.17) is 0 Å². The van der Waals surface area contributed by atoms with Gasteiger partial charge >= 0.3 is 0 Å². The SMILES string of the molecule is Cc1cc(C(=O)NCCN(C(C)C)C(C)C)c2ccccc2n1. The number of carbonyl (C=O) groups is 1. The van der Waals surface area contributed by atoms with Crippen LogP contribution in [0.4, 0.5) is 0 Å². The lowest BCUT2D eigenvalue weighted by atomic mass is 10.1. The van der Waals surface area contributed by atoms with Gasteiger partial charge in [-0.25, -0.2) is 0 Å². The second kappa shape index (κ2) is 7.55. The summed E-state index contributed by atoms with van der Waals surface area (Å²) in [4.78, 5) is 19.4. The van der Waals surface area contributed by atoms with E-state index >= 15 is 0 Å². The molecule has 1 N–H and O–H groups in total. The fourth-order valence-corrected chi connectivity index (χ4v) is 3.00. The number of amides is 1. The summed E-state index contributed by atoms with van der Waals surface area (Å²) in [7, 11) is 0. The number of fused-ring (bicyclic) bond motifs is 1. The molecule has 0 atom stereocenters. The summed E-state index contributed by atoms with van der Waals surface area (Å²) in [5.74, 6) is -0.0286. The molecule has 0 unspecified atom stereocenters. The second-order valence-corrected chi connectivity index (χ2v) is 6.51. The van der Waals surface area contributed by atoms with Crippen LogP contribution in [0.3, 0.4) is 0 Å². The van der Waals surface area contributed by atoms with Crippen LogP contribution in [0, 0.1) is 6.92 Å². The topological polar surface area (TPSA) is 45.2 Å². The van der Waals surface area contributed by atoms with E-state index in [1.807, 2.05) is 37.3 Å². The Morgan fingerprint density at radius 3 is 2.48 bits per heavy atom. The van der Waals surface area contributed by atoms with Gasteiger partial charge in [0.15, 0.2) is 0 Å². The van der Waals surface area contributed by atoms with Crippen LogP contribution in [0.1, 0.15) is 43.7 Å². The van der Waals surface area contributed by atoms with E-state index in [1.165, 1.54) is 0 Å². The summed E-state index contributed by atoms with van der Waals surface area (Å²) in [5, 5.41) is 3.95. The minimum Gasteiger partial charge on any atom is -0.351 e. The summed E-state index contributed by atoms with van der Waals surface area (Å²) < 4.78 is 0. The van der Waals surface area contributed by atoms with Crippen molar-refractivity contribution in [3.05, 3.63) is 41.6 Å². The Morgan fingerprint density at radius 2 is 1.83 bits per heavy atom. The Bertz CT molecular complexity index is 671. The number of hydrogen-bond acceptors (Lipinski definition) is 3. The van der Waals surface area contributed by atoms with Crippen molar-refractivity contribution in [1.29, 1.82) is 0 Å². The number of hydrogen-bond donors (Lipinski definition) is 1. The van der Waals surface area contributed by atoms with E-state index in [2.05, 4.69) is 42.9 Å². The van der Waals surface area contributed by atoms with Gasteiger partial charge in [0.1, 0.15) is 0 Å². The Morgan fingerprint density at radius 1 is 1.17 bits per heavy atom. The van der Waals surface area contributed by atoms with Crippen molar-refractivity contribution >= 4 is 16.8 Å². The summed E-state index contributed by atoms with van der Waals surface area (Å²) in [6.07, 6.45) is 0. The van der Waals surface area contributed by atoms with Gasteiger partial charge in [0.2, 0.25) is 0 Å². The van der Waals surface area contributed by atoms with Gasteiger partial charge in [-0.05, 0) is 46.8 Å². The molecule has 0 saturated heterocycles. The smallest absolute Gasteiger partial charge is 0.252 e. The molecule has 0 radical (unpaired) electrons. The molecule has 1 amide bonds. The van der Waals surface area contributed by atoms with E-state index in [0.717, 1.165) is 23.1 Å². The molecule has 23 heavy (non-hydrogen) atoms. The second-order valence-electron chi connectivity index (χ2n) is 6.51. The van der Waals surface area contributed by atoms with Crippen molar-refractivity contribution < 1.29 is 4.79 Å². The average Bonchev–Trinajstić information content (AvgIpc) is 2.49. The maximum Gasteiger partial charge on any atom is 0.252 e. The zero-order valence-corrected chi connectivity index (χ0v) is 14.8. The van der Waals surface area contributed by atoms with Gasteiger partial charge in [-0.15, -0.1) is 0 Å². The van der Waals surface area contributed by atoms with Gasteiger partial charge < -0.3 is 5.32 Å². The lowest BCUT2D eigenvalue weighted by Crippen LogP contribution is -2.42. The quantitative estimate of drug-likeness (QED) is 0.889. The molecular weight excluding hydrogens is 286 g/mol. The summed E-state index contributed by atoms with van der Waals surface area (Å²) in [6, 6.07) is 10.6. The molecule has 2 aromatic rings. The number of nitrogens with one attached hydrogen (secondary N) is 1. The fourth-order valence-electron chi connectivity index (χ4n) is 3.00. The monoisotopic (exact) mass is 313 g/mol. The lowest BCUT2D eigenvalue weighted by molar-refractivity contribution is 0.0941. The largest absolute Gasteiger partial charge is 0.351 e. The number of aryl methyl sites for hydroxylation is 1. The molecule has 2 rings (SSSR count). The Balaban J connectivity index is 2.10. The molecule has 0 saturated carbocycles. The van der Waals surface area contributed by atoms with E-state index in [-0.39, 0.29) is 5.91 Å². The highest BCUT2D eigenvalue weighted by Crippen LogP contribution is 2.18. The standard InChI is InChI=1S/C19H27N3O/c1-13(2)22(14(3)4)11-10-20-19(23)17-12-15(5)21-18-9-7-6-8-16(17)18/h6-9,12-14H,10-11H2,1-5H3,(H,20,23). The van der Waals surface area contributed by atoms with Gasteiger partial charge in [-0.1, -0.05) is 18.2 Å². The van der Waals surface area contributed by atoms with Crippen molar-refractivity contribution in [2.24, 2.45) is 0 Å². The maximum atomic E-state index is 12.6. The van der Waals surface area contributed by atoms with Crippen molar-refractivity contribution in [2.45, 2.75) is 46.7 Å². The van der Waals surface area contributed by atoms with Crippen molar-refractivity contribution in [3.63, 3.8) is 0 Å². The molecule has 1 aromatic carbocycles. The van der Waals surface area contributed by atoms with Crippen LogP contribution in [-0.2, 0) is 0 Å². The van der Waals surface area contributed by atoms with Gasteiger partial charge in [0, 0.05) is 36.3 Å². The number of carbonyl (C=O) groups excluding carboxylic acids is 1. The lowest BCUT2D eigenvalue weighted by Gasteiger charge is -2.30. The molecular formula is C19H27N3O. The molecule has 0 aliphatic rings. The zero-order chi connectivity index (χ0) is 17.0. The van der Waals surface area contributed by atoms with Crippen LogP contribution in [-0.4, -0.2) is 41.0 Å². The van der Waals surface area contributed by atoms with Crippen LogP contribution in [0.15, 0.2) is 30.3 Å². The van der Waals surface area contributed by atoms with Crippen LogP contribution < -0.4 is 5.32 Å². The summed E-state index contributed by atoms with van der Waals surface area (Å²) >= 11 is 0. The number of para-hydroxylation sites is 1. The Hall–Kier alpha value is -1.94. The first-order valence-corrected chi connectivity index (χ1v) is 8.30. The highest BCUT2D eigenvalue weighted by Gasteiger charge is 2.15. The van der Waals surface area contributed by atoms with Crippen LogP contribution in [0.25, 0.3) is 10.9 Å². The number of nitrogens with zero attached hydrogens (tertiary/aromatic N) is 2. The molecule has 0 fully saturated rings. The summed E-state index contributed by atoms with van der Waals surface area (Å²) in [6.45, 7) is 12.1. The summed E-state index contributed by atoms with van der Waals surface area (Å²) in [5.41, 5.74) is 2.43. The van der Waals surface area contributed by atoms with E-state index in [1.54, 1.807) is 0 Å². The van der Waals surface area contributed by atoms with Crippen LogP contribution >= 0.6 is 0 Å². The van der Waals surface area contributed by atoms with Crippen molar-refractivity contribution in [2.75, 3.05) is 13.1 Å². The van der Waals surface area contributed by atoms with E-state index in [9.17, 15) is 4.79 Å². The first-order valence-electron chi connectivity index (χ1n) is 8.30. The molecule has 4 heteroatoms. The van der Waals surface area contributed by atoms with Crippen molar-refractivity contribution in [3.8, 4) is 0 Å². The minimum atomic E-state index is -0.0286. The minimum absolute atomic E-state index is 0.0286. The highest BCUT2D eigenvalue weighted by molar-refractivity contribution is 6.06. The normalized spacial score (nSPS) is 11.7. The van der Waals surface area contributed by atoms with Crippen LogP contribution in [0.5, 0.6) is 0 Å². The molecule has 0 aliphatic carbocycles. The Kier molecular flexibility index (Phi) is 5.72. The average molecular weight is 313 g/mol. The predicted octanol–water partition coefficient (Wildman–Crippen LogP) is 3.39. The van der Waals surface area contributed by atoms with E-state index < -0.39 is 0 Å². The van der Waals surface area contributed by atoms with Crippen molar-refractivity contribution in [1.82, 2.24) is 15.2 Å². The number of pyridine rings is 1. The first-order chi connectivity index (χ1) is 10.9. The first kappa shape index (κ1) is 17.4. The third kappa shape index (κ3) is 4.29. The predicted molar refractivity (Wildman–Crippen MR) is 95.8 cm³/mol. The van der Waals surface area contributed by atoms with Crippen LogP contribution in [0.2, 0.25) is 0 Å². The highest BCUT2D eigenvalue weighted by atomic mass is 16.1.